The van der Waals surface area contributed by atoms with Crippen LogP contribution in [-0.2, 0) is 0 Å². The van der Waals surface area contributed by atoms with Crippen molar-refractivity contribution in [1.82, 2.24) is 10.2 Å². The maximum atomic E-state index is 13.0. The molecule has 0 unspecified atom stereocenters. The van der Waals surface area contributed by atoms with Crippen LogP contribution in [0.3, 0.4) is 0 Å². The molecule has 2 aliphatic heterocycles. The van der Waals surface area contributed by atoms with Crippen molar-refractivity contribution in [2.45, 2.75) is 12.5 Å². The first-order chi connectivity index (χ1) is 12.5. The van der Waals surface area contributed by atoms with E-state index in [0.29, 0.717) is 22.1 Å². The Balaban J connectivity index is 0.00000210. The van der Waals surface area contributed by atoms with Gasteiger partial charge in [0.05, 0.1) is 5.56 Å². The Morgan fingerprint density at radius 1 is 1.11 bits per heavy atom. The fraction of sp³-hybridized carbons (Fsp3) is 0.300. The van der Waals surface area contributed by atoms with Crippen molar-refractivity contribution in [1.29, 1.82) is 0 Å². The first kappa shape index (κ1) is 19.7. The van der Waals surface area contributed by atoms with Crippen molar-refractivity contribution in [3.05, 3.63) is 58.6 Å². The second-order valence-corrected chi connectivity index (χ2v) is 7.26. The number of carbonyl (C=O) groups is 2. The number of fused-ring (bicyclic) bond motifs is 1. The molecule has 2 aromatic carbocycles. The van der Waals surface area contributed by atoms with Crippen LogP contribution in [0.1, 0.15) is 27.1 Å². The number of halogens is 2. The van der Waals surface area contributed by atoms with Crippen LogP contribution in [-0.4, -0.2) is 47.6 Å². The minimum atomic E-state index is -1.01. The van der Waals surface area contributed by atoms with Crippen molar-refractivity contribution in [2.75, 3.05) is 19.6 Å². The Kier molecular flexibility index (Phi) is 5.75. The third-order valence-electron chi connectivity index (χ3n) is 5.34. The molecule has 142 valence electrons. The van der Waals surface area contributed by atoms with Crippen LogP contribution in [0.15, 0.2) is 42.5 Å². The van der Waals surface area contributed by atoms with Crippen LogP contribution in [0.2, 0.25) is 5.02 Å². The number of rotatable bonds is 3. The largest absolute Gasteiger partial charge is 0.478 e. The summed E-state index contributed by atoms with van der Waals surface area (Å²) in [7, 11) is 0. The topological polar surface area (TPSA) is 69.6 Å². The van der Waals surface area contributed by atoms with Crippen molar-refractivity contribution < 1.29 is 14.7 Å². The van der Waals surface area contributed by atoms with Crippen molar-refractivity contribution in [3.8, 4) is 11.1 Å². The molecule has 2 aliphatic rings. The van der Waals surface area contributed by atoms with E-state index in [1.165, 1.54) is 6.07 Å². The highest BCUT2D eigenvalue weighted by Gasteiger charge is 2.40. The van der Waals surface area contributed by atoms with Gasteiger partial charge in [-0.3, -0.25) is 4.79 Å². The van der Waals surface area contributed by atoms with E-state index in [-0.39, 0.29) is 29.9 Å². The number of hydrogen-bond acceptors (Lipinski definition) is 3. The molecule has 0 bridgehead atoms. The number of hydrogen-bond donors (Lipinski definition) is 2. The van der Waals surface area contributed by atoms with Crippen LogP contribution >= 0.6 is 24.0 Å². The first-order valence-electron chi connectivity index (χ1n) is 8.69. The van der Waals surface area contributed by atoms with Gasteiger partial charge >= 0.3 is 5.97 Å². The molecule has 2 saturated heterocycles. The zero-order chi connectivity index (χ0) is 18.3. The molecular weight excluding hydrogens is 387 g/mol. The summed E-state index contributed by atoms with van der Waals surface area (Å²) in [6.07, 6.45) is 1.04. The number of nitrogens with zero attached hydrogens (tertiary/aromatic N) is 1. The number of nitrogens with one attached hydrogen (secondary N) is 1. The number of likely N-dealkylation sites (tertiary alicyclic amines) is 1. The minimum Gasteiger partial charge on any atom is -0.478 e. The molecule has 27 heavy (non-hydrogen) atoms. The molecule has 4 rings (SSSR count). The van der Waals surface area contributed by atoms with Gasteiger partial charge in [0.15, 0.2) is 0 Å². The van der Waals surface area contributed by atoms with E-state index in [1.54, 1.807) is 24.3 Å². The van der Waals surface area contributed by atoms with Crippen LogP contribution in [0.4, 0.5) is 0 Å². The summed E-state index contributed by atoms with van der Waals surface area (Å²) >= 11 is 6.27. The highest BCUT2D eigenvalue weighted by molar-refractivity contribution is 6.33. The van der Waals surface area contributed by atoms with Gasteiger partial charge in [0.25, 0.3) is 5.91 Å². The number of aromatic carboxylic acids is 1. The van der Waals surface area contributed by atoms with Gasteiger partial charge in [-0.25, -0.2) is 4.79 Å². The summed E-state index contributed by atoms with van der Waals surface area (Å²) < 4.78 is 0. The summed E-state index contributed by atoms with van der Waals surface area (Å²) in [6.45, 7) is 2.62. The molecule has 2 fully saturated rings. The van der Waals surface area contributed by atoms with E-state index >= 15 is 0 Å². The molecule has 0 saturated carbocycles. The number of benzene rings is 2. The lowest BCUT2D eigenvalue weighted by Crippen LogP contribution is -2.39. The lowest BCUT2D eigenvalue weighted by Gasteiger charge is -2.23. The van der Waals surface area contributed by atoms with Crippen LogP contribution < -0.4 is 5.32 Å². The lowest BCUT2D eigenvalue weighted by molar-refractivity contribution is 0.0695. The third-order valence-corrected chi connectivity index (χ3v) is 5.67. The van der Waals surface area contributed by atoms with E-state index in [9.17, 15) is 14.7 Å². The predicted octanol–water partition coefficient (Wildman–Crippen LogP) is 3.56. The quantitative estimate of drug-likeness (QED) is 0.817. The van der Waals surface area contributed by atoms with Gasteiger partial charge in [-0.2, -0.15) is 0 Å². The molecule has 2 N–H and O–H groups in total. The second kappa shape index (κ2) is 7.89. The molecular formula is C20H20Cl2N2O3. The molecule has 1 amide bonds. The Bertz CT molecular complexity index is 887. The minimum absolute atomic E-state index is 0. The van der Waals surface area contributed by atoms with E-state index in [4.69, 9.17) is 11.6 Å². The monoisotopic (exact) mass is 406 g/mol. The number of carboxylic acids is 1. The van der Waals surface area contributed by atoms with Gasteiger partial charge < -0.3 is 15.3 Å². The average Bonchev–Trinajstić information content (AvgIpc) is 3.25. The molecule has 0 radical (unpaired) electrons. The summed E-state index contributed by atoms with van der Waals surface area (Å²) in [6, 6.07) is 12.1. The molecule has 0 aromatic heterocycles. The normalized spacial score (nSPS) is 20.9. The summed E-state index contributed by atoms with van der Waals surface area (Å²) in [5, 5.41) is 13.0. The summed E-state index contributed by atoms with van der Waals surface area (Å²) in [5.74, 6) is -0.440. The number of carbonyl (C=O) groups excluding carboxylic acids is 1. The van der Waals surface area contributed by atoms with Gasteiger partial charge in [-0.05, 0) is 48.2 Å². The number of amides is 1. The van der Waals surface area contributed by atoms with Gasteiger partial charge in [-0.15, -0.1) is 12.4 Å². The highest BCUT2D eigenvalue weighted by atomic mass is 35.5. The predicted molar refractivity (Wildman–Crippen MR) is 107 cm³/mol. The maximum absolute atomic E-state index is 13.0. The Labute approximate surface area is 168 Å². The first-order valence-corrected chi connectivity index (χ1v) is 9.07. The second-order valence-electron chi connectivity index (χ2n) is 6.85. The highest BCUT2D eigenvalue weighted by Crippen LogP contribution is 2.32. The smallest absolute Gasteiger partial charge is 0.335 e. The Hall–Kier alpha value is -2.08. The third kappa shape index (κ3) is 3.68. The van der Waals surface area contributed by atoms with Crippen molar-refractivity contribution >= 4 is 35.9 Å². The maximum Gasteiger partial charge on any atom is 0.335 e. The molecule has 0 aliphatic carbocycles. The zero-order valence-electron chi connectivity index (χ0n) is 14.5. The van der Waals surface area contributed by atoms with Crippen molar-refractivity contribution in [3.63, 3.8) is 0 Å². The molecule has 2 atom stereocenters. The zero-order valence-corrected chi connectivity index (χ0v) is 16.1. The van der Waals surface area contributed by atoms with Gasteiger partial charge in [0.2, 0.25) is 0 Å². The van der Waals surface area contributed by atoms with Crippen LogP contribution in [0.25, 0.3) is 11.1 Å². The van der Waals surface area contributed by atoms with Crippen LogP contribution in [0, 0.1) is 5.92 Å². The van der Waals surface area contributed by atoms with Gasteiger partial charge in [-0.1, -0.05) is 23.7 Å². The molecule has 5 nitrogen and oxygen atoms in total. The standard InChI is InChI=1S/C20H19ClN2O3.ClH/c21-17-5-4-14(20(25)26)9-16(17)12-2-1-3-13(8-12)19(24)23-7-6-15-10-22-11-18(15)23;/h1-5,8-9,15,18,22H,6-7,10-11H2,(H,25,26);1H/t15-,18+;/m0./s1. The SMILES string of the molecule is Cl.O=C(O)c1ccc(Cl)c(-c2cccc(C(=O)N3CC[C@H]4CNC[C@H]43)c2)c1. The molecule has 7 heteroatoms. The fourth-order valence-electron chi connectivity index (χ4n) is 3.97. The summed E-state index contributed by atoms with van der Waals surface area (Å²) in [5.41, 5.74) is 2.12. The Morgan fingerprint density at radius 2 is 1.93 bits per heavy atom. The van der Waals surface area contributed by atoms with Gasteiger partial charge in [0, 0.05) is 41.8 Å². The van der Waals surface area contributed by atoms with Gasteiger partial charge in [0.1, 0.15) is 0 Å². The number of carboxylic acid groups (broad SMARTS) is 1. The van der Waals surface area contributed by atoms with E-state index < -0.39 is 5.97 Å². The summed E-state index contributed by atoms with van der Waals surface area (Å²) in [4.78, 5) is 26.2. The Morgan fingerprint density at radius 3 is 2.70 bits per heavy atom. The van der Waals surface area contributed by atoms with Crippen LogP contribution in [0.5, 0.6) is 0 Å². The van der Waals surface area contributed by atoms with Crippen molar-refractivity contribution in [2.24, 2.45) is 5.92 Å². The lowest BCUT2D eigenvalue weighted by atomic mass is 10.00. The fourth-order valence-corrected chi connectivity index (χ4v) is 4.19. The average molecular weight is 407 g/mol. The molecule has 0 spiro atoms. The van der Waals surface area contributed by atoms with E-state index in [1.807, 2.05) is 17.0 Å². The van der Waals surface area contributed by atoms with E-state index in [0.717, 1.165) is 31.6 Å². The molecule has 2 heterocycles. The molecule has 2 aromatic rings. The van der Waals surface area contributed by atoms with E-state index in [2.05, 4.69) is 5.32 Å².